The molecule has 0 aliphatic heterocycles. The summed E-state index contributed by atoms with van der Waals surface area (Å²) in [6.45, 7) is 1.73. The number of esters is 1. The maximum atomic E-state index is 13.1. The molecule has 0 unspecified atom stereocenters. The van der Waals surface area contributed by atoms with Crippen LogP contribution >= 0.6 is 23.2 Å². The quantitative estimate of drug-likeness (QED) is 0.641. The number of benzene rings is 2. The molecule has 0 aliphatic rings. The van der Waals surface area contributed by atoms with Gasteiger partial charge in [-0.2, -0.15) is 0 Å². The number of halogens is 2. The third kappa shape index (κ3) is 4.60. The van der Waals surface area contributed by atoms with Gasteiger partial charge < -0.3 is 9.47 Å². The lowest BCUT2D eigenvalue weighted by Gasteiger charge is -2.24. The zero-order valence-corrected chi connectivity index (χ0v) is 16.4. The number of sulfonamides is 1. The predicted octanol–water partition coefficient (Wildman–Crippen LogP) is 3.76. The van der Waals surface area contributed by atoms with E-state index < -0.39 is 22.5 Å². The number of carbonyl (C=O) groups is 1. The Kier molecular flexibility index (Phi) is 6.75. The van der Waals surface area contributed by atoms with Gasteiger partial charge in [0, 0.05) is 5.02 Å². The van der Waals surface area contributed by atoms with Crippen LogP contribution in [0.5, 0.6) is 5.75 Å². The first-order valence-electron chi connectivity index (χ1n) is 7.57. The molecule has 0 atom stereocenters. The van der Waals surface area contributed by atoms with E-state index in [0.29, 0.717) is 12.4 Å². The number of nitrogens with zero attached hydrogens (tertiary/aromatic N) is 1. The van der Waals surface area contributed by atoms with Crippen LogP contribution in [-0.4, -0.2) is 34.6 Å². The summed E-state index contributed by atoms with van der Waals surface area (Å²) in [6, 6.07) is 10.2. The van der Waals surface area contributed by atoms with E-state index >= 15 is 0 Å². The Hall–Kier alpha value is -1.96. The second kappa shape index (κ2) is 8.62. The van der Waals surface area contributed by atoms with Gasteiger partial charge in [0.15, 0.2) is 0 Å². The molecule has 0 saturated heterocycles. The topological polar surface area (TPSA) is 72.9 Å². The number of hydrogen-bond acceptors (Lipinski definition) is 5. The van der Waals surface area contributed by atoms with Gasteiger partial charge in [-0.05, 0) is 49.4 Å². The highest BCUT2D eigenvalue weighted by Gasteiger charge is 2.29. The smallest absolute Gasteiger partial charge is 0.326 e. The number of methoxy groups -OCH3 is 1. The molecular weight excluding hydrogens is 401 g/mol. The van der Waals surface area contributed by atoms with E-state index in [1.165, 1.54) is 49.6 Å². The standard InChI is InChI=1S/C17H17Cl2NO5S/c1-3-25-13-5-7-14(8-6-13)26(22,23)20(11-17(21)24-2)16-10-12(18)4-9-15(16)19/h4-10H,3,11H2,1-2H3. The highest BCUT2D eigenvalue weighted by Crippen LogP contribution is 2.33. The van der Waals surface area contributed by atoms with Crippen LogP contribution < -0.4 is 9.04 Å². The molecule has 0 bridgehead atoms. The molecule has 2 aromatic carbocycles. The van der Waals surface area contributed by atoms with Gasteiger partial charge in [-0.3, -0.25) is 9.10 Å². The Morgan fingerprint density at radius 2 is 1.77 bits per heavy atom. The van der Waals surface area contributed by atoms with Crippen molar-refractivity contribution >= 4 is 44.9 Å². The van der Waals surface area contributed by atoms with Gasteiger partial charge in [-0.25, -0.2) is 8.42 Å². The van der Waals surface area contributed by atoms with Gasteiger partial charge in [0.1, 0.15) is 12.3 Å². The second-order valence-corrected chi connectivity index (χ2v) is 7.79. The van der Waals surface area contributed by atoms with Crippen molar-refractivity contribution in [1.29, 1.82) is 0 Å². The summed E-state index contributed by atoms with van der Waals surface area (Å²) < 4.78 is 37.0. The summed E-state index contributed by atoms with van der Waals surface area (Å²) in [5.74, 6) is -0.206. The molecule has 6 nitrogen and oxygen atoms in total. The maximum Gasteiger partial charge on any atom is 0.326 e. The van der Waals surface area contributed by atoms with Crippen LogP contribution in [0, 0.1) is 0 Å². The van der Waals surface area contributed by atoms with E-state index in [1.807, 2.05) is 6.92 Å². The fraction of sp³-hybridized carbons (Fsp3) is 0.235. The van der Waals surface area contributed by atoms with Crippen molar-refractivity contribution in [2.75, 3.05) is 24.6 Å². The molecule has 0 heterocycles. The van der Waals surface area contributed by atoms with Crippen molar-refractivity contribution in [2.45, 2.75) is 11.8 Å². The van der Waals surface area contributed by atoms with Gasteiger partial charge in [-0.15, -0.1) is 0 Å². The zero-order valence-electron chi connectivity index (χ0n) is 14.1. The lowest BCUT2D eigenvalue weighted by atomic mass is 10.3. The number of carbonyl (C=O) groups excluding carboxylic acids is 1. The van der Waals surface area contributed by atoms with E-state index in [-0.39, 0.29) is 20.6 Å². The first kappa shape index (κ1) is 20.4. The molecule has 0 saturated carbocycles. The fourth-order valence-electron chi connectivity index (χ4n) is 2.16. The van der Waals surface area contributed by atoms with Crippen LogP contribution in [-0.2, 0) is 19.6 Å². The van der Waals surface area contributed by atoms with Crippen LogP contribution in [0.1, 0.15) is 6.92 Å². The molecule has 9 heteroatoms. The largest absolute Gasteiger partial charge is 0.494 e. The lowest BCUT2D eigenvalue weighted by molar-refractivity contribution is -0.138. The van der Waals surface area contributed by atoms with Crippen molar-refractivity contribution in [2.24, 2.45) is 0 Å². The third-order valence-corrected chi connectivity index (χ3v) is 5.73. The van der Waals surface area contributed by atoms with E-state index in [9.17, 15) is 13.2 Å². The summed E-state index contributed by atoms with van der Waals surface area (Å²) in [5.41, 5.74) is 0.0819. The van der Waals surface area contributed by atoms with Gasteiger partial charge in [0.25, 0.3) is 10.0 Å². The van der Waals surface area contributed by atoms with Gasteiger partial charge in [0.05, 0.1) is 29.3 Å². The van der Waals surface area contributed by atoms with E-state index in [2.05, 4.69) is 4.74 Å². The van der Waals surface area contributed by atoms with Crippen molar-refractivity contribution < 1.29 is 22.7 Å². The van der Waals surface area contributed by atoms with Crippen LogP contribution in [0.2, 0.25) is 10.0 Å². The molecule has 0 aromatic heterocycles. The van der Waals surface area contributed by atoms with E-state index in [0.717, 1.165) is 4.31 Å². The summed E-state index contributed by atoms with van der Waals surface area (Å²) in [5, 5.41) is 0.411. The molecule has 0 N–H and O–H groups in total. The summed E-state index contributed by atoms with van der Waals surface area (Å²) in [4.78, 5) is 11.8. The maximum absolute atomic E-state index is 13.1. The SMILES string of the molecule is CCOc1ccc(S(=O)(=O)N(CC(=O)OC)c2cc(Cl)ccc2Cl)cc1. The molecule has 140 valence electrons. The highest BCUT2D eigenvalue weighted by atomic mass is 35.5. The molecule has 0 radical (unpaired) electrons. The van der Waals surface area contributed by atoms with E-state index in [4.69, 9.17) is 27.9 Å². The summed E-state index contributed by atoms with van der Waals surface area (Å²) >= 11 is 12.1. The minimum absolute atomic E-state index is 0.0269. The van der Waals surface area contributed by atoms with E-state index in [1.54, 1.807) is 0 Å². The zero-order chi connectivity index (χ0) is 19.3. The number of anilines is 1. The number of hydrogen-bond donors (Lipinski definition) is 0. The van der Waals surface area contributed by atoms with Crippen LogP contribution in [0.25, 0.3) is 0 Å². The minimum atomic E-state index is -4.10. The summed E-state index contributed by atoms with van der Waals surface area (Å²) in [6.07, 6.45) is 0. The van der Waals surface area contributed by atoms with Crippen molar-refractivity contribution in [3.63, 3.8) is 0 Å². The molecule has 0 spiro atoms. The molecule has 0 fully saturated rings. The molecule has 2 rings (SSSR count). The molecule has 26 heavy (non-hydrogen) atoms. The number of ether oxygens (including phenoxy) is 2. The fourth-order valence-corrected chi connectivity index (χ4v) is 4.02. The van der Waals surface area contributed by atoms with Crippen molar-refractivity contribution in [3.8, 4) is 5.75 Å². The van der Waals surface area contributed by atoms with Crippen molar-refractivity contribution in [3.05, 3.63) is 52.5 Å². The Balaban J connectivity index is 2.52. The van der Waals surface area contributed by atoms with Crippen LogP contribution in [0.4, 0.5) is 5.69 Å². The highest BCUT2D eigenvalue weighted by molar-refractivity contribution is 7.92. The Morgan fingerprint density at radius 3 is 2.35 bits per heavy atom. The Morgan fingerprint density at radius 1 is 1.12 bits per heavy atom. The predicted molar refractivity (Wildman–Crippen MR) is 101 cm³/mol. The summed E-state index contributed by atoms with van der Waals surface area (Å²) in [7, 11) is -2.93. The average molecular weight is 418 g/mol. The third-order valence-electron chi connectivity index (χ3n) is 3.40. The first-order chi connectivity index (χ1) is 12.3. The second-order valence-electron chi connectivity index (χ2n) is 5.09. The number of rotatable bonds is 7. The Bertz CT molecular complexity index is 885. The molecule has 0 amide bonds. The minimum Gasteiger partial charge on any atom is -0.494 e. The average Bonchev–Trinajstić information content (AvgIpc) is 2.62. The van der Waals surface area contributed by atoms with Crippen LogP contribution in [0.3, 0.4) is 0 Å². The Labute approximate surface area is 162 Å². The molecule has 2 aromatic rings. The van der Waals surface area contributed by atoms with Gasteiger partial charge in [-0.1, -0.05) is 23.2 Å². The first-order valence-corrected chi connectivity index (χ1v) is 9.76. The van der Waals surface area contributed by atoms with Crippen molar-refractivity contribution in [1.82, 2.24) is 0 Å². The van der Waals surface area contributed by atoms with Crippen LogP contribution in [0.15, 0.2) is 47.4 Å². The normalized spacial score (nSPS) is 11.1. The molecular formula is C17H17Cl2NO5S. The van der Waals surface area contributed by atoms with Gasteiger partial charge >= 0.3 is 5.97 Å². The monoisotopic (exact) mass is 417 g/mol. The lowest BCUT2D eigenvalue weighted by Crippen LogP contribution is -2.36. The van der Waals surface area contributed by atoms with Gasteiger partial charge in [0.2, 0.25) is 0 Å². The molecule has 0 aliphatic carbocycles.